The van der Waals surface area contributed by atoms with Gasteiger partial charge in [0.25, 0.3) is 5.91 Å². The molecule has 162 valence electrons. The Hall–Kier alpha value is -3.50. The number of nitrogens with zero attached hydrogens (tertiary/aromatic N) is 2. The van der Waals surface area contributed by atoms with Crippen LogP contribution in [0.3, 0.4) is 0 Å². The van der Waals surface area contributed by atoms with E-state index in [1.54, 1.807) is 25.3 Å². The molecule has 1 aromatic carbocycles. The number of pyridine rings is 2. The summed E-state index contributed by atoms with van der Waals surface area (Å²) in [5.74, 6) is 0.688. The van der Waals surface area contributed by atoms with Gasteiger partial charge in [-0.15, -0.1) is 0 Å². The Bertz CT molecular complexity index is 1090. The number of carbonyl (C=O) groups is 1. The van der Waals surface area contributed by atoms with Crippen LogP contribution in [-0.2, 0) is 15.8 Å². The fraction of sp³-hybridized carbons (Fsp3) is 0.190. The third-order valence-corrected chi connectivity index (χ3v) is 4.56. The first-order valence-electron chi connectivity index (χ1n) is 9.55. The van der Waals surface area contributed by atoms with Gasteiger partial charge < -0.3 is 15.4 Å². The van der Waals surface area contributed by atoms with Crippen molar-refractivity contribution in [1.29, 1.82) is 0 Å². The first-order chi connectivity index (χ1) is 15.0. The van der Waals surface area contributed by atoms with Crippen LogP contribution in [0.1, 0.15) is 23.0 Å². The van der Waals surface area contributed by atoms with E-state index >= 15 is 0 Å². The molecule has 0 saturated carbocycles. The van der Waals surface area contributed by atoms with E-state index in [1.807, 2.05) is 43.3 Å². The first-order valence-corrected chi connectivity index (χ1v) is 11.1. The lowest BCUT2D eigenvalue weighted by molar-refractivity contribution is 0.0365. The van der Waals surface area contributed by atoms with Gasteiger partial charge in [0.1, 0.15) is 22.6 Å². The Morgan fingerprint density at radius 1 is 1.03 bits per heavy atom. The van der Waals surface area contributed by atoms with Gasteiger partial charge >= 0.3 is 0 Å². The van der Waals surface area contributed by atoms with Crippen LogP contribution in [0.5, 0.6) is 0 Å². The van der Waals surface area contributed by atoms with Crippen molar-refractivity contribution in [2.45, 2.75) is 13.8 Å². The number of anilines is 5. The number of benzene rings is 1. The summed E-state index contributed by atoms with van der Waals surface area (Å²) in [4.78, 5) is 26.4. The molecular weight excluding hydrogens is 416 g/mol. The van der Waals surface area contributed by atoms with Gasteiger partial charge in [-0.25, -0.2) is 19.7 Å². The number of hydrogen-bond acceptors (Lipinski definition) is 7. The summed E-state index contributed by atoms with van der Waals surface area (Å²) in [6.45, 7) is 4.00. The second kappa shape index (κ2) is 10.5. The number of carbonyl (C=O) groups excluding carboxylic acids is 1. The van der Waals surface area contributed by atoms with Crippen molar-refractivity contribution in [1.82, 2.24) is 15.4 Å². The molecule has 0 radical (unpaired) electrons. The van der Waals surface area contributed by atoms with E-state index in [0.29, 0.717) is 35.3 Å². The van der Waals surface area contributed by atoms with E-state index in [4.69, 9.17) is 4.84 Å². The third-order valence-electron chi connectivity index (χ3n) is 4.05. The molecule has 0 aliphatic heterocycles. The van der Waals surface area contributed by atoms with Crippen molar-refractivity contribution in [2.75, 3.05) is 28.2 Å². The smallest absolute Gasteiger partial charge is 0.278 e. The molecule has 1 amide bonds. The number of hydroxylamine groups is 1. The molecule has 2 heterocycles. The Morgan fingerprint density at radius 3 is 2.52 bits per heavy atom. The van der Waals surface area contributed by atoms with E-state index in [2.05, 4.69) is 30.8 Å². The van der Waals surface area contributed by atoms with Gasteiger partial charge in [0.2, 0.25) is 0 Å². The van der Waals surface area contributed by atoms with Crippen molar-refractivity contribution in [2.24, 2.45) is 0 Å². The van der Waals surface area contributed by atoms with Crippen LogP contribution in [0.15, 0.2) is 54.7 Å². The van der Waals surface area contributed by atoms with Gasteiger partial charge in [-0.05, 0) is 38.1 Å². The highest BCUT2D eigenvalue weighted by molar-refractivity contribution is 7.85. The lowest BCUT2D eigenvalue weighted by atomic mass is 10.2. The molecule has 10 heteroatoms. The van der Waals surface area contributed by atoms with Crippen LogP contribution in [0, 0.1) is 6.92 Å². The molecule has 0 aliphatic rings. The van der Waals surface area contributed by atoms with Crippen molar-refractivity contribution < 1.29 is 13.8 Å². The van der Waals surface area contributed by atoms with E-state index < -0.39 is 16.9 Å². The average molecular weight is 441 g/mol. The highest BCUT2D eigenvalue weighted by atomic mass is 32.2. The molecular formula is C21H24N6O3S. The molecule has 0 fully saturated rings. The maximum absolute atomic E-state index is 12.6. The molecule has 9 nitrogen and oxygen atoms in total. The monoisotopic (exact) mass is 440 g/mol. The van der Waals surface area contributed by atoms with Gasteiger partial charge in [-0.3, -0.25) is 9.63 Å². The predicted molar refractivity (Wildman–Crippen MR) is 123 cm³/mol. The topological polar surface area (TPSA) is 117 Å². The summed E-state index contributed by atoms with van der Waals surface area (Å²) in [6.07, 6.45) is 2.99. The first kappa shape index (κ1) is 22.2. The summed E-state index contributed by atoms with van der Waals surface area (Å²) in [7, 11) is -1.26. The number of hydrogen-bond donors (Lipinski definition) is 4. The number of aryl methyl sites for hydroxylation is 1. The van der Waals surface area contributed by atoms with Crippen LogP contribution in [-0.4, -0.2) is 32.9 Å². The normalized spacial score (nSPS) is 11.5. The largest absolute Gasteiger partial charge is 0.353 e. The summed E-state index contributed by atoms with van der Waals surface area (Å²) >= 11 is 0. The molecule has 3 rings (SSSR count). The molecule has 0 saturated heterocycles. The predicted octanol–water partition coefficient (Wildman–Crippen LogP) is 3.66. The summed E-state index contributed by atoms with van der Waals surface area (Å²) in [5.41, 5.74) is 5.29. The van der Waals surface area contributed by atoms with E-state index in [1.165, 1.54) is 6.20 Å². The summed E-state index contributed by atoms with van der Waals surface area (Å²) in [5, 5.41) is 6.37. The van der Waals surface area contributed by atoms with Gasteiger partial charge in [0, 0.05) is 24.2 Å². The molecule has 4 N–H and O–H groups in total. The molecule has 0 bridgehead atoms. The van der Waals surface area contributed by atoms with Crippen molar-refractivity contribution in [3.8, 4) is 0 Å². The van der Waals surface area contributed by atoms with Crippen LogP contribution < -0.4 is 20.8 Å². The lowest BCUT2D eigenvalue weighted by Gasteiger charge is -2.16. The highest BCUT2D eigenvalue weighted by Crippen LogP contribution is 2.29. The number of nitrogens with one attached hydrogen (secondary N) is 4. The fourth-order valence-electron chi connectivity index (χ4n) is 2.73. The molecule has 0 aliphatic carbocycles. The van der Waals surface area contributed by atoms with Crippen LogP contribution >= 0.6 is 0 Å². The molecule has 1 unspecified atom stereocenters. The zero-order chi connectivity index (χ0) is 22.2. The zero-order valence-electron chi connectivity index (χ0n) is 17.4. The van der Waals surface area contributed by atoms with Crippen LogP contribution in [0.2, 0.25) is 0 Å². The third kappa shape index (κ3) is 6.24. The zero-order valence-corrected chi connectivity index (χ0v) is 18.2. The minimum absolute atomic E-state index is 0.281. The Morgan fingerprint density at radius 2 is 1.81 bits per heavy atom. The van der Waals surface area contributed by atoms with Crippen molar-refractivity contribution >= 4 is 45.6 Å². The number of amides is 1. The van der Waals surface area contributed by atoms with Crippen molar-refractivity contribution in [3.05, 3.63) is 66.0 Å². The highest BCUT2D eigenvalue weighted by Gasteiger charge is 2.15. The average Bonchev–Trinajstić information content (AvgIpc) is 2.73. The quantitative estimate of drug-likeness (QED) is 0.375. The van der Waals surface area contributed by atoms with Gasteiger partial charge in [0.05, 0.1) is 29.2 Å². The number of aromatic nitrogens is 2. The Balaban J connectivity index is 1.96. The van der Waals surface area contributed by atoms with E-state index in [0.717, 1.165) is 5.69 Å². The van der Waals surface area contributed by atoms with E-state index in [-0.39, 0.29) is 5.56 Å². The fourth-order valence-corrected chi connectivity index (χ4v) is 3.21. The molecule has 0 spiro atoms. The minimum atomic E-state index is -1.26. The van der Waals surface area contributed by atoms with E-state index in [9.17, 15) is 9.00 Å². The number of rotatable bonds is 9. The standard InChI is InChI=1S/C21H24N6O3S/c1-4-30-26-21(28)15-13-22-20(25-19-11-7-8-14(2)23-19)12-18(15)24-16-9-5-6-10-17(16)27-31(3)29/h5-13,27H,4H2,1-3H3,(H,26,28)(H2,22,23,24,25). The maximum Gasteiger partial charge on any atom is 0.278 e. The van der Waals surface area contributed by atoms with Gasteiger partial charge in [-0.2, -0.15) is 0 Å². The van der Waals surface area contributed by atoms with Crippen LogP contribution in [0.25, 0.3) is 0 Å². The second-order valence-corrected chi connectivity index (χ2v) is 7.61. The Kier molecular flexibility index (Phi) is 7.52. The summed E-state index contributed by atoms with van der Waals surface area (Å²) in [6, 6.07) is 14.6. The maximum atomic E-state index is 12.6. The molecule has 1 atom stereocenters. The Labute approximate surface area is 183 Å². The van der Waals surface area contributed by atoms with Gasteiger partial charge in [-0.1, -0.05) is 18.2 Å². The lowest BCUT2D eigenvalue weighted by Crippen LogP contribution is -2.24. The summed E-state index contributed by atoms with van der Waals surface area (Å²) < 4.78 is 14.5. The molecule has 31 heavy (non-hydrogen) atoms. The second-order valence-electron chi connectivity index (χ2n) is 6.50. The molecule has 2 aromatic heterocycles. The molecule has 3 aromatic rings. The van der Waals surface area contributed by atoms with Crippen molar-refractivity contribution in [3.63, 3.8) is 0 Å². The minimum Gasteiger partial charge on any atom is -0.353 e. The number of para-hydroxylation sites is 2. The SMILES string of the molecule is CCONC(=O)c1cnc(Nc2cccc(C)n2)cc1Nc1ccccc1NS(C)=O. The van der Waals surface area contributed by atoms with Gasteiger partial charge in [0.15, 0.2) is 0 Å². The van der Waals surface area contributed by atoms with Crippen LogP contribution in [0.4, 0.5) is 28.7 Å².